The fourth-order valence-electron chi connectivity index (χ4n) is 2.64. The largest absolute Gasteiger partial charge is 0.469 e. The molecule has 0 aliphatic rings. The first kappa shape index (κ1) is 17.8. The molecule has 2 amide bonds. The van der Waals surface area contributed by atoms with Gasteiger partial charge in [-0.3, -0.25) is 9.59 Å². The molecule has 0 aliphatic heterocycles. The predicted octanol–water partition coefficient (Wildman–Crippen LogP) is 3.14. The molecule has 0 fully saturated rings. The van der Waals surface area contributed by atoms with Crippen LogP contribution in [0, 0.1) is 19.8 Å². The molecule has 1 heterocycles. The number of furan rings is 1. The van der Waals surface area contributed by atoms with Gasteiger partial charge in [-0.2, -0.15) is 0 Å². The summed E-state index contributed by atoms with van der Waals surface area (Å²) in [5.41, 5.74) is 2.68. The molecule has 0 aliphatic carbocycles. The van der Waals surface area contributed by atoms with Gasteiger partial charge in [0, 0.05) is 0 Å². The molecule has 0 bridgehead atoms. The van der Waals surface area contributed by atoms with Crippen molar-refractivity contribution in [3.63, 3.8) is 0 Å². The number of hydrogen-bond acceptors (Lipinski definition) is 3. The molecule has 5 heteroatoms. The van der Waals surface area contributed by atoms with Gasteiger partial charge in [0.1, 0.15) is 5.76 Å². The van der Waals surface area contributed by atoms with E-state index in [0.29, 0.717) is 11.3 Å². The SMILES string of the molecule is Cc1ccccc1[C@@H](NC(=O)CNC(=O)c1ccoc1C)C(C)C. The van der Waals surface area contributed by atoms with Gasteiger partial charge in [-0.15, -0.1) is 0 Å². The Kier molecular flexibility index (Phi) is 5.79. The van der Waals surface area contributed by atoms with Crippen molar-refractivity contribution in [3.05, 3.63) is 59.0 Å². The standard InChI is InChI=1S/C19H24N2O3/c1-12(2)18(15-8-6-5-7-13(15)3)21-17(22)11-20-19(23)16-9-10-24-14(16)4/h5-10,12,18H,11H2,1-4H3,(H,20,23)(H,21,22)/t18-/m0/s1. The van der Waals surface area contributed by atoms with E-state index in [1.54, 1.807) is 13.0 Å². The average Bonchev–Trinajstić information content (AvgIpc) is 2.97. The van der Waals surface area contributed by atoms with Crippen molar-refractivity contribution in [2.45, 2.75) is 33.7 Å². The molecule has 0 spiro atoms. The minimum Gasteiger partial charge on any atom is -0.469 e. The molecule has 5 nitrogen and oxygen atoms in total. The summed E-state index contributed by atoms with van der Waals surface area (Å²) >= 11 is 0. The van der Waals surface area contributed by atoms with E-state index in [4.69, 9.17) is 4.42 Å². The summed E-state index contributed by atoms with van der Waals surface area (Å²) in [5.74, 6) is 0.245. The number of hydrogen-bond donors (Lipinski definition) is 2. The van der Waals surface area contributed by atoms with E-state index >= 15 is 0 Å². The van der Waals surface area contributed by atoms with Crippen LogP contribution >= 0.6 is 0 Å². The van der Waals surface area contributed by atoms with E-state index in [1.165, 1.54) is 6.26 Å². The third kappa shape index (κ3) is 4.25. The number of amides is 2. The number of benzene rings is 1. The monoisotopic (exact) mass is 328 g/mol. The summed E-state index contributed by atoms with van der Waals surface area (Å²) in [6.45, 7) is 7.79. The molecule has 1 aromatic carbocycles. The van der Waals surface area contributed by atoms with Crippen LogP contribution in [0.15, 0.2) is 41.0 Å². The molecule has 1 atom stereocenters. The molecule has 0 saturated carbocycles. The van der Waals surface area contributed by atoms with Gasteiger partial charge >= 0.3 is 0 Å². The minimum atomic E-state index is -0.312. The second kappa shape index (κ2) is 7.81. The summed E-state index contributed by atoms with van der Waals surface area (Å²) in [4.78, 5) is 24.3. The van der Waals surface area contributed by atoms with Crippen LogP contribution in [-0.2, 0) is 4.79 Å². The summed E-state index contributed by atoms with van der Waals surface area (Å²) in [7, 11) is 0. The van der Waals surface area contributed by atoms with Crippen LogP contribution in [0.4, 0.5) is 0 Å². The van der Waals surface area contributed by atoms with Crippen LogP contribution in [-0.4, -0.2) is 18.4 Å². The van der Waals surface area contributed by atoms with Gasteiger partial charge in [0.05, 0.1) is 24.4 Å². The molecule has 0 saturated heterocycles. The predicted molar refractivity (Wildman–Crippen MR) is 92.7 cm³/mol. The quantitative estimate of drug-likeness (QED) is 0.856. The Morgan fingerprint density at radius 1 is 1.12 bits per heavy atom. The molecule has 2 rings (SSSR count). The molecule has 1 aromatic heterocycles. The summed E-state index contributed by atoms with van der Waals surface area (Å²) in [6.07, 6.45) is 1.46. The first-order valence-electron chi connectivity index (χ1n) is 8.07. The van der Waals surface area contributed by atoms with E-state index in [0.717, 1.165) is 11.1 Å². The third-order valence-corrected chi connectivity index (χ3v) is 4.02. The third-order valence-electron chi connectivity index (χ3n) is 4.02. The zero-order valence-electron chi connectivity index (χ0n) is 14.6. The highest BCUT2D eigenvalue weighted by Crippen LogP contribution is 2.24. The smallest absolute Gasteiger partial charge is 0.255 e. The Hall–Kier alpha value is -2.56. The van der Waals surface area contributed by atoms with Crippen LogP contribution in [0.3, 0.4) is 0 Å². The van der Waals surface area contributed by atoms with Gasteiger partial charge < -0.3 is 15.1 Å². The molecule has 24 heavy (non-hydrogen) atoms. The lowest BCUT2D eigenvalue weighted by Gasteiger charge is -2.24. The van der Waals surface area contributed by atoms with Crippen molar-refractivity contribution in [1.82, 2.24) is 10.6 Å². The molecule has 0 unspecified atom stereocenters. The molecule has 2 aromatic rings. The molecule has 0 radical (unpaired) electrons. The Bertz CT molecular complexity index is 719. The number of carbonyl (C=O) groups is 2. The van der Waals surface area contributed by atoms with Crippen LogP contribution < -0.4 is 10.6 Å². The van der Waals surface area contributed by atoms with Crippen LogP contribution in [0.25, 0.3) is 0 Å². The lowest BCUT2D eigenvalue weighted by atomic mass is 9.92. The van der Waals surface area contributed by atoms with Gasteiger partial charge in [0.2, 0.25) is 5.91 Å². The highest BCUT2D eigenvalue weighted by atomic mass is 16.3. The molecule has 128 valence electrons. The van der Waals surface area contributed by atoms with Crippen molar-refractivity contribution >= 4 is 11.8 Å². The van der Waals surface area contributed by atoms with Crippen molar-refractivity contribution in [2.24, 2.45) is 5.92 Å². The molecule has 2 N–H and O–H groups in total. The Morgan fingerprint density at radius 2 is 1.83 bits per heavy atom. The minimum absolute atomic E-state index is 0.0709. The van der Waals surface area contributed by atoms with E-state index in [2.05, 4.69) is 24.5 Å². The lowest BCUT2D eigenvalue weighted by molar-refractivity contribution is -0.121. The highest BCUT2D eigenvalue weighted by molar-refractivity contribution is 5.97. The first-order chi connectivity index (χ1) is 11.4. The maximum Gasteiger partial charge on any atom is 0.255 e. The Labute approximate surface area is 142 Å². The zero-order valence-corrected chi connectivity index (χ0v) is 14.6. The van der Waals surface area contributed by atoms with Crippen molar-refractivity contribution in [3.8, 4) is 0 Å². The summed E-state index contributed by atoms with van der Waals surface area (Å²) in [6, 6.07) is 9.49. The molecular weight excluding hydrogens is 304 g/mol. The van der Waals surface area contributed by atoms with Crippen molar-refractivity contribution in [1.29, 1.82) is 0 Å². The normalized spacial score (nSPS) is 12.0. The number of carbonyl (C=O) groups excluding carboxylic acids is 2. The van der Waals surface area contributed by atoms with Gasteiger partial charge in [0.15, 0.2) is 0 Å². The summed E-state index contributed by atoms with van der Waals surface area (Å²) in [5, 5.41) is 5.64. The fourth-order valence-corrected chi connectivity index (χ4v) is 2.64. The Balaban J connectivity index is 1.98. The van der Waals surface area contributed by atoms with Gasteiger partial charge in [-0.1, -0.05) is 38.1 Å². The van der Waals surface area contributed by atoms with Crippen LogP contribution in [0.5, 0.6) is 0 Å². The maximum atomic E-state index is 12.3. The Morgan fingerprint density at radius 3 is 2.42 bits per heavy atom. The van der Waals surface area contributed by atoms with E-state index in [-0.39, 0.29) is 30.3 Å². The highest BCUT2D eigenvalue weighted by Gasteiger charge is 2.20. The van der Waals surface area contributed by atoms with Gasteiger partial charge in [0.25, 0.3) is 5.91 Å². The second-order valence-electron chi connectivity index (χ2n) is 6.22. The fraction of sp³-hybridized carbons (Fsp3) is 0.368. The van der Waals surface area contributed by atoms with Crippen LogP contribution in [0.1, 0.15) is 47.1 Å². The zero-order chi connectivity index (χ0) is 17.7. The van der Waals surface area contributed by atoms with E-state index < -0.39 is 0 Å². The van der Waals surface area contributed by atoms with E-state index in [9.17, 15) is 9.59 Å². The average molecular weight is 328 g/mol. The van der Waals surface area contributed by atoms with Crippen LogP contribution in [0.2, 0.25) is 0 Å². The summed E-state index contributed by atoms with van der Waals surface area (Å²) < 4.78 is 5.10. The first-order valence-corrected chi connectivity index (χ1v) is 8.07. The number of aryl methyl sites for hydroxylation is 2. The van der Waals surface area contributed by atoms with Gasteiger partial charge in [-0.25, -0.2) is 0 Å². The van der Waals surface area contributed by atoms with E-state index in [1.807, 2.05) is 31.2 Å². The number of rotatable bonds is 6. The maximum absolute atomic E-state index is 12.3. The second-order valence-corrected chi connectivity index (χ2v) is 6.22. The number of nitrogens with one attached hydrogen (secondary N) is 2. The topological polar surface area (TPSA) is 71.3 Å². The molecular formula is C19H24N2O3. The van der Waals surface area contributed by atoms with Gasteiger partial charge in [-0.05, 0) is 37.0 Å². The van der Waals surface area contributed by atoms with Crippen molar-refractivity contribution < 1.29 is 14.0 Å². The van der Waals surface area contributed by atoms with Crippen molar-refractivity contribution in [2.75, 3.05) is 6.54 Å². The lowest BCUT2D eigenvalue weighted by Crippen LogP contribution is -2.40.